The SMILES string of the molecule is CCCCCCCCCCCCCC(=O)N[C@H](C(=O)N[C@H](CCC(=O)N[C@H](CSC[C@H](N)C(=O)O)C(=O)O)C(=O)O)[C@H](C)CC. The molecule has 0 bridgehead atoms. The molecule has 0 heterocycles. The summed E-state index contributed by atoms with van der Waals surface area (Å²) in [5.74, 6) is -6.12. The van der Waals surface area contributed by atoms with E-state index in [1.54, 1.807) is 6.92 Å². The van der Waals surface area contributed by atoms with Crippen LogP contribution in [-0.2, 0) is 28.8 Å². The highest BCUT2D eigenvalue weighted by molar-refractivity contribution is 7.99. The van der Waals surface area contributed by atoms with E-state index in [9.17, 15) is 39.0 Å². The lowest BCUT2D eigenvalue weighted by molar-refractivity contribution is -0.143. The van der Waals surface area contributed by atoms with Gasteiger partial charge in [-0.1, -0.05) is 91.4 Å². The predicted molar refractivity (Wildman–Crippen MR) is 174 cm³/mol. The van der Waals surface area contributed by atoms with E-state index in [1.807, 2.05) is 6.92 Å². The first-order valence-electron chi connectivity index (χ1n) is 16.2. The minimum absolute atomic E-state index is 0.0602. The van der Waals surface area contributed by atoms with E-state index in [1.165, 1.54) is 44.9 Å². The van der Waals surface area contributed by atoms with Gasteiger partial charge in [0.05, 0.1) is 0 Å². The van der Waals surface area contributed by atoms with Crippen molar-refractivity contribution >= 4 is 47.4 Å². The van der Waals surface area contributed by atoms with Crippen LogP contribution in [-0.4, -0.2) is 86.6 Å². The molecule has 0 aromatic heterocycles. The number of hydrogen-bond acceptors (Lipinski definition) is 8. The van der Waals surface area contributed by atoms with E-state index in [0.717, 1.165) is 31.0 Å². The second-order valence-corrected chi connectivity index (χ2v) is 12.7. The molecule has 45 heavy (non-hydrogen) atoms. The summed E-state index contributed by atoms with van der Waals surface area (Å²) in [6.07, 6.45) is 12.8. The van der Waals surface area contributed by atoms with Crippen molar-refractivity contribution in [2.45, 2.75) is 141 Å². The summed E-state index contributed by atoms with van der Waals surface area (Å²) in [5, 5.41) is 35.3. The average Bonchev–Trinajstić information content (AvgIpc) is 2.99. The lowest BCUT2D eigenvalue weighted by Crippen LogP contribution is -2.54. The molecule has 0 fully saturated rings. The van der Waals surface area contributed by atoms with E-state index in [-0.39, 0.29) is 42.6 Å². The molecule has 8 N–H and O–H groups in total. The number of amides is 3. The van der Waals surface area contributed by atoms with Crippen LogP contribution in [0.4, 0.5) is 0 Å². The molecule has 14 heteroatoms. The molecule has 0 aromatic rings. The molecular weight excluding hydrogens is 604 g/mol. The van der Waals surface area contributed by atoms with Crippen molar-refractivity contribution in [1.29, 1.82) is 0 Å². The number of aliphatic carboxylic acids is 3. The Kier molecular flexibility index (Phi) is 23.7. The molecule has 13 nitrogen and oxygen atoms in total. The Morgan fingerprint density at radius 2 is 1.16 bits per heavy atom. The maximum atomic E-state index is 13.1. The zero-order valence-electron chi connectivity index (χ0n) is 27.2. The quantitative estimate of drug-likeness (QED) is 0.0603. The maximum Gasteiger partial charge on any atom is 0.327 e. The molecule has 0 saturated heterocycles. The molecule has 0 unspecified atom stereocenters. The van der Waals surface area contributed by atoms with Gasteiger partial charge in [-0.25, -0.2) is 9.59 Å². The molecule has 0 aromatic carbocycles. The number of nitrogens with one attached hydrogen (secondary N) is 3. The Hall–Kier alpha value is -2.87. The van der Waals surface area contributed by atoms with Crippen molar-refractivity contribution in [3.63, 3.8) is 0 Å². The van der Waals surface area contributed by atoms with Gasteiger partial charge in [-0.3, -0.25) is 19.2 Å². The number of hydrogen-bond donors (Lipinski definition) is 7. The van der Waals surface area contributed by atoms with Crippen molar-refractivity contribution in [3.8, 4) is 0 Å². The first kappa shape index (κ1) is 42.1. The average molecular weight is 661 g/mol. The molecule has 260 valence electrons. The number of nitrogens with two attached hydrogens (primary N) is 1. The Bertz CT molecular complexity index is 921. The van der Waals surface area contributed by atoms with Gasteiger partial charge < -0.3 is 37.0 Å². The van der Waals surface area contributed by atoms with Crippen LogP contribution in [0.25, 0.3) is 0 Å². The van der Waals surface area contributed by atoms with Gasteiger partial charge in [0.15, 0.2) is 0 Å². The molecule has 0 aliphatic heterocycles. The Balaban J connectivity index is 4.75. The third-order valence-corrected chi connectivity index (χ3v) is 8.79. The largest absolute Gasteiger partial charge is 0.480 e. The van der Waals surface area contributed by atoms with Gasteiger partial charge in [-0.15, -0.1) is 0 Å². The molecule has 3 amide bonds. The van der Waals surface area contributed by atoms with Crippen LogP contribution in [0.15, 0.2) is 0 Å². The number of carboxylic acids is 3. The summed E-state index contributed by atoms with van der Waals surface area (Å²) in [4.78, 5) is 72.3. The predicted octanol–water partition coefficient (Wildman–Crippen LogP) is 3.28. The molecule has 0 aliphatic rings. The van der Waals surface area contributed by atoms with Crippen LogP contribution in [0, 0.1) is 5.92 Å². The van der Waals surface area contributed by atoms with E-state index >= 15 is 0 Å². The fourth-order valence-electron chi connectivity index (χ4n) is 4.52. The summed E-state index contributed by atoms with van der Waals surface area (Å²) < 4.78 is 0. The molecule has 5 atom stereocenters. The first-order chi connectivity index (χ1) is 21.3. The normalized spacial score (nSPS) is 14.4. The van der Waals surface area contributed by atoms with E-state index < -0.39 is 53.9 Å². The van der Waals surface area contributed by atoms with Crippen LogP contribution in [0.5, 0.6) is 0 Å². The number of carboxylic acid groups (broad SMARTS) is 3. The van der Waals surface area contributed by atoms with Crippen LogP contribution in [0.3, 0.4) is 0 Å². The van der Waals surface area contributed by atoms with Crippen LogP contribution >= 0.6 is 11.8 Å². The van der Waals surface area contributed by atoms with E-state index in [2.05, 4.69) is 22.9 Å². The number of unbranched alkanes of at least 4 members (excludes halogenated alkanes) is 10. The number of carbonyl (C=O) groups is 6. The fraction of sp³-hybridized carbons (Fsp3) is 0.806. The highest BCUT2D eigenvalue weighted by Crippen LogP contribution is 2.14. The highest BCUT2D eigenvalue weighted by atomic mass is 32.2. The molecule has 0 aliphatic carbocycles. The van der Waals surface area contributed by atoms with Crippen molar-refractivity contribution < 1.29 is 44.1 Å². The molecule has 0 spiro atoms. The van der Waals surface area contributed by atoms with E-state index in [0.29, 0.717) is 12.8 Å². The second kappa shape index (κ2) is 25.3. The van der Waals surface area contributed by atoms with Crippen molar-refractivity contribution in [2.24, 2.45) is 11.7 Å². The third-order valence-electron chi connectivity index (χ3n) is 7.63. The van der Waals surface area contributed by atoms with Gasteiger partial charge in [0.25, 0.3) is 0 Å². The third kappa shape index (κ3) is 20.7. The van der Waals surface area contributed by atoms with Gasteiger partial charge in [0.1, 0.15) is 24.2 Å². The second-order valence-electron chi connectivity index (χ2n) is 11.6. The Morgan fingerprint density at radius 3 is 1.64 bits per heavy atom. The van der Waals surface area contributed by atoms with Gasteiger partial charge >= 0.3 is 17.9 Å². The minimum Gasteiger partial charge on any atom is -0.480 e. The van der Waals surface area contributed by atoms with Crippen LogP contribution < -0.4 is 21.7 Å². The Morgan fingerprint density at radius 1 is 0.644 bits per heavy atom. The van der Waals surface area contributed by atoms with Crippen LogP contribution in [0.2, 0.25) is 0 Å². The lowest BCUT2D eigenvalue weighted by Gasteiger charge is -2.25. The highest BCUT2D eigenvalue weighted by Gasteiger charge is 2.30. The van der Waals surface area contributed by atoms with Crippen molar-refractivity contribution in [1.82, 2.24) is 16.0 Å². The van der Waals surface area contributed by atoms with Gasteiger partial charge in [0, 0.05) is 24.3 Å². The maximum absolute atomic E-state index is 13.1. The van der Waals surface area contributed by atoms with Crippen LogP contribution in [0.1, 0.15) is 117 Å². The van der Waals surface area contributed by atoms with Crippen molar-refractivity contribution in [2.75, 3.05) is 11.5 Å². The zero-order chi connectivity index (χ0) is 34.2. The standard InChI is InChI=1S/C31H56N4O9S/c1-4-6-7-8-9-10-11-12-13-14-15-16-25(36)35-27(21(3)5-2)28(38)34-23(30(41)42)17-18-26(37)33-24(31(43)44)20-45-19-22(32)29(39)40/h21-24,27H,4-20,32H2,1-3H3,(H,33,37)(H,34,38)(H,35,36)(H,39,40)(H,41,42)(H,43,44)/t21-,22+,23-,24-,27+/m1/s1. The van der Waals surface area contributed by atoms with Gasteiger partial charge in [0.2, 0.25) is 17.7 Å². The lowest BCUT2D eigenvalue weighted by atomic mass is 9.97. The summed E-state index contributed by atoms with van der Waals surface area (Å²) >= 11 is 0.944. The Labute approximate surface area is 271 Å². The summed E-state index contributed by atoms with van der Waals surface area (Å²) in [6.45, 7) is 5.84. The number of rotatable bonds is 28. The minimum atomic E-state index is -1.44. The van der Waals surface area contributed by atoms with E-state index in [4.69, 9.17) is 10.8 Å². The van der Waals surface area contributed by atoms with Crippen molar-refractivity contribution in [3.05, 3.63) is 0 Å². The summed E-state index contributed by atoms with van der Waals surface area (Å²) in [5.41, 5.74) is 5.40. The summed E-state index contributed by atoms with van der Waals surface area (Å²) in [7, 11) is 0. The molecule has 0 saturated carbocycles. The molecular formula is C31H56N4O9S. The number of thioether (sulfide) groups is 1. The summed E-state index contributed by atoms with van der Waals surface area (Å²) in [6, 6.07) is -4.92. The van der Waals surface area contributed by atoms with Gasteiger partial charge in [-0.2, -0.15) is 11.8 Å². The number of carbonyl (C=O) groups excluding carboxylic acids is 3. The smallest absolute Gasteiger partial charge is 0.327 e. The first-order valence-corrected chi connectivity index (χ1v) is 17.4. The molecule has 0 rings (SSSR count). The zero-order valence-corrected chi connectivity index (χ0v) is 28.0. The fourth-order valence-corrected chi connectivity index (χ4v) is 5.51. The van der Waals surface area contributed by atoms with Gasteiger partial charge in [-0.05, 0) is 18.8 Å². The monoisotopic (exact) mass is 660 g/mol. The molecule has 0 radical (unpaired) electrons. The topological polar surface area (TPSA) is 225 Å².